The first-order valence-corrected chi connectivity index (χ1v) is 11.1. The van der Waals surface area contributed by atoms with Crippen molar-refractivity contribution in [3.63, 3.8) is 0 Å². The molecule has 4 heterocycles. The number of anilines is 4. The summed E-state index contributed by atoms with van der Waals surface area (Å²) in [5, 5.41) is 20.3. The number of rotatable bonds is 6. The molecule has 3 aromatic rings. The normalized spacial score (nSPS) is 23.2. The molecule has 13 nitrogen and oxygen atoms in total. The molecule has 14 heteroatoms. The zero-order chi connectivity index (χ0) is 21.6. The Morgan fingerprint density at radius 3 is 3.00 bits per heavy atom. The summed E-state index contributed by atoms with van der Waals surface area (Å²) >= 11 is 0. The Hall–Kier alpha value is -3.04. The molecule has 31 heavy (non-hydrogen) atoms. The summed E-state index contributed by atoms with van der Waals surface area (Å²) in [6, 6.07) is 5.58. The number of hydrogen-bond acceptors (Lipinski definition) is 11. The van der Waals surface area contributed by atoms with Crippen molar-refractivity contribution in [2.75, 3.05) is 22.4 Å². The van der Waals surface area contributed by atoms with Gasteiger partial charge in [-0.3, -0.25) is 19.0 Å². The van der Waals surface area contributed by atoms with E-state index in [4.69, 9.17) is 5.14 Å². The highest BCUT2D eigenvalue weighted by Gasteiger charge is 2.40. The van der Waals surface area contributed by atoms with Crippen LogP contribution >= 0.6 is 0 Å². The second kappa shape index (κ2) is 7.58. The minimum absolute atomic E-state index is 0.142. The van der Waals surface area contributed by atoms with Crippen molar-refractivity contribution in [3.8, 4) is 0 Å². The Morgan fingerprint density at radius 2 is 2.16 bits per heavy atom. The summed E-state index contributed by atoms with van der Waals surface area (Å²) in [7, 11) is -4.06. The Bertz CT molecular complexity index is 1220. The molecule has 1 saturated carbocycles. The van der Waals surface area contributed by atoms with Gasteiger partial charge in [0.25, 0.3) is 0 Å². The Kier molecular flexibility index (Phi) is 4.86. The fourth-order valence-corrected chi connectivity index (χ4v) is 4.36. The Balaban J connectivity index is 1.35. The van der Waals surface area contributed by atoms with Gasteiger partial charge < -0.3 is 10.4 Å². The van der Waals surface area contributed by atoms with E-state index >= 15 is 0 Å². The second-order valence-electron chi connectivity index (χ2n) is 7.45. The summed E-state index contributed by atoms with van der Waals surface area (Å²) < 4.78 is 28.7. The summed E-state index contributed by atoms with van der Waals surface area (Å²) in [6.45, 7) is -0.171. The lowest BCUT2D eigenvalue weighted by Crippen LogP contribution is -2.43. The van der Waals surface area contributed by atoms with Crippen molar-refractivity contribution in [3.05, 3.63) is 36.9 Å². The lowest BCUT2D eigenvalue weighted by atomic mass is 10.1. The Labute approximate surface area is 177 Å². The van der Waals surface area contributed by atoms with Crippen molar-refractivity contribution in [2.24, 2.45) is 11.1 Å². The maximum atomic E-state index is 11.1. The van der Waals surface area contributed by atoms with Crippen LogP contribution in [0.1, 0.15) is 12.8 Å². The van der Waals surface area contributed by atoms with Gasteiger partial charge in [0.05, 0.1) is 24.9 Å². The molecule has 0 spiro atoms. The van der Waals surface area contributed by atoms with Gasteiger partial charge in [-0.2, -0.15) is 8.42 Å². The molecule has 6 N–H and O–H groups in total. The van der Waals surface area contributed by atoms with Crippen molar-refractivity contribution in [1.82, 2.24) is 24.9 Å². The highest BCUT2D eigenvalue weighted by atomic mass is 32.2. The first kappa shape index (κ1) is 19.9. The fraction of sp³-hybridized carbons (Fsp3) is 0.353. The van der Waals surface area contributed by atoms with E-state index in [-0.39, 0.29) is 18.6 Å². The topological polar surface area (TPSA) is 172 Å². The highest BCUT2D eigenvalue weighted by molar-refractivity contribution is 7.84. The van der Waals surface area contributed by atoms with E-state index in [2.05, 4.69) is 35.4 Å². The third-order valence-corrected chi connectivity index (χ3v) is 5.93. The first-order chi connectivity index (χ1) is 14.9. The van der Waals surface area contributed by atoms with Crippen LogP contribution < -0.4 is 26.4 Å². The number of nitrogens with two attached hydrogens (primary N) is 1. The van der Waals surface area contributed by atoms with Crippen molar-refractivity contribution in [2.45, 2.75) is 25.0 Å². The maximum absolute atomic E-state index is 11.1. The van der Waals surface area contributed by atoms with Crippen LogP contribution in [0.2, 0.25) is 0 Å². The zero-order valence-corrected chi connectivity index (χ0v) is 17.0. The van der Waals surface area contributed by atoms with E-state index in [1.165, 1.54) is 6.33 Å². The maximum Gasteiger partial charge on any atom is 0.333 e. The number of aliphatic hydroxyl groups is 1. The number of pyridine rings is 1. The number of fused-ring (bicyclic) bond motifs is 2. The molecule has 1 aliphatic heterocycles. The molecule has 1 aliphatic carbocycles. The van der Waals surface area contributed by atoms with E-state index in [0.717, 1.165) is 11.5 Å². The number of hydrazine groups is 2. The minimum Gasteiger partial charge on any atom is -0.393 e. The van der Waals surface area contributed by atoms with Crippen LogP contribution in [0.5, 0.6) is 0 Å². The van der Waals surface area contributed by atoms with Crippen LogP contribution in [0.15, 0.2) is 36.9 Å². The summed E-state index contributed by atoms with van der Waals surface area (Å²) in [6.07, 6.45) is 5.23. The van der Waals surface area contributed by atoms with Gasteiger partial charge in [0.2, 0.25) is 0 Å². The number of nitrogens with zero attached hydrogens (tertiary/aromatic N) is 5. The predicted octanol–water partition coefficient (Wildman–Crippen LogP) is -0.121. The van der Waals surface area contributed by atoms with Gasteiger partial charge in [-0.1, -0.05) is 6.07 Å². The third-order valence-electron chi connectivity index (χ3n) is 5.46. The monoisotopic (exact) mass is 447 g/mol. The standard InChI is InChI=1S/C17H21N9O4S/c18-31(28,29)30-8-10-5-11(6-12(10)27)26-17-15(23-24-26)16(20-9-21-17)22-14-7-19-13-3-1-2-4-25(13)14/h1-4,7,9-12,23-24,27H,5-6,8H2,(H2,18,28,29)(H,20,21,22). The number of aliphatic hydroxyl groups excluding tert-OH is 1. The minimum atomic E-state index is -4.06. The van der Waals surface area contributed by atoms with Crippen molar-refractivity contribution < 1.29 is 17.7 Å². The molecule has 3 aromatic heterocycles. The fourth-order valence-electron chi connectivity index (χ4n) is 3.99. The van der Waals surface area contributed by atoms with Gasteiger partial charge in [-0.15, -0.1) is 5.53 Å². The van der Waals surface area contributed by atoms with Crippen LogP contribution in [-0.2, 0) is 14.5 Å². The lowest BCUT2D eigenvalue weighted by Gasteiger charge is -2.24. The SMILES string of the molecule is NS(=O)(=O)OCC1CC(N2NNc3c(Nc4cnc5ccccn45)ncnc32)CC1O. The van der Waals surface area contributed by atoms with E-state index in [0.29, 0.717) is 30.2 Å². The molecule has 0 amide bonds. The first-order valence-electron chi connectivity index (χ1n) is 9.59. The van der Waals surface area contributed by atoms with Crippen molar-refractivity contribution >= 4 is 39.1 Å². The number of aromatic nitrogens is 4. The highest BCUT2D eigenvalue weighted by Crippen LogP contribution is 2.39. The summed E-state index contributed by atoms with van der Waals surface area (Å²) in [5.41, 5.74) is 7.58. The smallest absolute Gasteiger partial charge is 0.333 e. The van der Waals surface area contributed by atoms with Crippen LogP contribution in [0.3, 0.4) is 0 Å². The van der Waals surface area contributed by atoms with Crippen LogP contribution in [0, 0.1) is 5.92 Å². The summed E-state index contributed by atoms with van der Waals surface area (Å²) in [5.74, 6) is 1.54. The molecule has 2 aliphatic rings. The second-order valence-corrected chi connectivity index (χ2v) is 8.68. The average molecular weight is 447 g/mol. The Morgan fingerprint density at radius 1 is 1.29 bits per heavy atom. The molecule has 3 unspecified atom stereocenters. The molecule has 5 rings (SSSR count). The van der Waals surface area contributed by atoms with E-state index in [1.54, 1.807) is 11.2 Å². The van der Waals surface area contributed by atoms with Crippen LogP contribution in [0.25, 0.3) is 5.65 Å². The van der Waals surface area contributed by atoms with Gasteiger partial charge in [0.15, 0.2) is 11.6 Å². The van der Waals surface area contributed by atoms with Crippen molar-refractivity contribution in [1.29, 1.82) is 0 Å². The molecule has 0 aromatic carbocycles. The quantitative estimate of drug-likeness (QED) is 0.341. The molecule has 164 valence electrons. The molecular formula is C17H21N9O4S. The number of nitrogens with one attached hydrogen (secondary N) is 3. The molecule has 0 radical (unpaired) electrons. The van der Waals surface area contributed by atoms with Gasteiger partial charge in [-0.05, 0) is 25.0 Å². The molecular weight excluding hydrogens is 426 g/mol. The number of hydrogen-bond donors (Lipinski definition) is 5. The molecule has 0 bridgehead atoms. The van der Waals surface area contributed by atoms with E-state index in [1.807, 2.05) is 28.8 Å². The molecule has 3 atom stereocenters. The van der Waals surface area contributed by atoms with Gasteiger partial charge in [0.1, 0.15) is 23.5 Å². The molecule has 0 saturated heterocycles. The summed E-state index contributed by atoms with van der Waals surface area (Å²) in [4.78, 5) is 13.1. The largest absolute Gasteiger partial charge is 0.393 e. The van der Waals surface area contributed by atoms with Gasteiger partial charge in [0, 0.05) is 12.1 Å². The third kappa shape index (κ3) is 3.86. The van der Waals surface area contributed by atoms with Crippen LogP contribution in [0.4, 0.5) is 23.1 Å². The van der Waals surface area contributed by atoms with E-state index in [9.17, 15) is 13.5 Å². The zero-order valence-electron chi connectivity index (χ0n) is 16.2. The van der Waals surface area contributed by atoms with Gasteiger partial charge in [-0.25, -0.2) is 20.1 Å². The predicted molar refractivity (Wildman–Crippen MR) is 111 cm³/mol. The van der Waals surface area contributed by atoms with E-state index < -0.39 is 16.4 Å². The molecule has 1 fully saturated rings. The number of imidazole rings is 1. The van der Waals surface area contributed by atoms with Crippen LogP contribution in [-0.4, -0.2) is 51.6 Å². The lowest BCUT2D eigenvalue weighted by molar-refractivity contribution is 0.101. The average Bonchev–Trinajstić information content (AvgIpc) is 3.43. The van der Waals surface area contributed by atoms with Gasteiger partial charge >= 0.3 is 10.3 Å².